The maximum Gasteiger partial charge on any atom is 0.408 e. The number of carbonyl (C=O) groups is 2. The number of ether oxygens (including phenoxy) is 3. The van der Waals surface area contributed by atoms with Gasteiger partial charge in [-0.1, -0.05) is 49.9 Å². The molecule has 274 valence electrons. The van der Waals surface area contributed by atoms with E-state index in [4.69, 9.17) is 14.2 Å². The molecule has 0 spiro atoms. The van der Waals surface area contributed by atoms with E-state index in [1.165, 1.54) is 28.6 Å². The number of alkyl carbamates (subject to hydrolysis) is 2. The molecular weight excluding hydrogens is 652 g/mol. The topological polar surface area (TPSA) is 166 Å². The Labute approximate surface area is 291 Å². The lowest BCUT2D eigenvalue weighted by atomic mass is 9.96. The van der Waals surface area contributed by atoms with Gasteiger partial charge in [0.2, 0.25) is 10.0 Å². The van der Waals surface area contributed by atoms with E-state index in [9.17, 15) is 28.1 Å². The first-order valence-corrected chi connectivity index (χ1v) is 18.0. The molecule has 0 aliphatic rings. The molecule has 0 heterocycles. The molecule has 0 aliphatic carbocycles. The number of carbonyl (C=O) groups excluding carboxylic acids is 2. The van der Waals surface area contributed by atoms with Gasteiger partial charge in [-0.2, -0.15) is 4.31 Å². The van der Waals surface area contributed by atoms with Crippen molar-refractivity contribution in [3.05, 3.63) is 64.2 Å². The van der Waals surface area contributed by atoms with Crippen LogP contribution in [0, 0.1) is 10.1 Å². The Morgan fingerprint density at radius 2 is 1.37 bits per heavy atom. The number of hydrogen-bond acceptors (Lipinski definition) is 9. The quantitative estimate of drug-likeness (QED) is 0.0864. The number of hydrogen-bond donors (Lipinski definition) is 2. The van der Waals surface area contributed by atoms with E-state index in [-0.39, 0.29) is 31.0 Å². The number of methoxy groups -OCH3 is 1. The summed E-state index contributed by atoms with van der Waals surface area (Å²) in [6.45, 7) is 13.0. The fourth-order valence-electron chi connectivity index (χ4n) is 4.99. The van der Waals surface area contributed by atoms with Crippen LogP contribution in [0.3, 0.4) is 0 Å². The van der Waals surface area contributed by atoms with Crippen molar-refractivity contribution in [2.45, 2.75) is 122 Å². The Bertz CT molecular complexity index is 1490. The van der Waals surface area contributed by atoms with Gasteiger partial charge in [-0.3, -0.25) is 10.1 Å². The zero-order valence-electron chi connectivity index (χ0n) is 30.2. The fourth-order valence-corrected chi connectivity index (χ4v) is 6.63. The van der Waals surface area contributed by atoms with E-state index in [0.717, 1.165) is 43.4 Å². The number of para-hydroxylation sites is 1. The number of amides is 2. The van der Waals surface area contributed by atoms with Gasteiger partial charge in [-0.05, 0) is 91.5 Å². The lowest BCUT2D eigenvalue weighted by Crippen LogP contribution is -2.48. The molecule has 0 atom stereocenters. The van der Waals surface area contributed by atoms with Gasteiger partial charge < -0.3 is 24.8 Å². The van der Waals surface area contributed by atoms with E-state index in [1.807, 2.05) is 26.0 Å². The molecule has 0 aliphatic heterocycles. The van der Waals surface area contributed by atoms with Gasteiger partial charge in [-0.25, -0.2) is 18.0 Å². The summed E-state index contributed by atoms with van der Waals surface area (Å²) in [5, 5.41) is 17.4. The van der Waals surface area contributed by atoms with Gasteiger partial charge in [0.25, 0.3) is 5.69 Å². The smallest absolute Gasteiger partial charge is 0.408 e. The molecule has 2 N–H and O–H groups in total. The lowest BCUT2D eigenvalue weighted by molar-refractivity contribution is -0.387. The molecule has 2 rings (SSSR count). The van der Waals surface area contributed by atoms with Crippen LogP contribution in [-0.2, 0) is 26.1 Å². The van der Waals surface area contributed by atoms with Gasteiger partial charge in [0.15, 0.2) is 4.90 Å². The number of rotatable bonds is 19. The number of nitro groups is 1. The van der Waals surface area contributed by atoms with Crippen molar-refractivity contribution >= 4 is 27.9 Å². The van der Waals surface area contributed by atoms with E-state index < -0.39 is 49.5 Å². The third-order valence-corrected chi connectivity index (χ3v) is 9.63. The standard InChI is InChI=1S/C35H54N4O9S/c1-33(2,3)48-32(41)37-35(6,7)23-25-38(49(44,45)30-17-13-12-16-29(30)39(42)43)24-15-11-9-10-14-22-34(4,5)36-31(40)47-26-27-18-20-28(46-8)21-19-27/h12-13,16-21H,9-11,14-15,22-26H2,1-8H3,(H,36,40)(H,37,41). The molecule has 0 radical (unpaired) electrons. The summed E-state index contributed by atoms with van der Waals surface area (Å²) >= 11 is 0. The van der Waals surface area contributed by atoms with Gasteiger partial charge in [0.1, 0.15) is 18.0 Å². The molecule has 0 fully saturated rings. The van der Waals surface area contributed by atoms with Crippen molar-refractivity contribution in [3.8, 4) is 5.75 Å². The highest BCUT2D eigenvalue weighted by atomic mass is 32.2. The van der Waals surface area contributed by atoms with Crippen LogP contribution < -0.4 is 15.4 Å². The number of nitro benzene ring substituents is 1. The average Bonchev–Trinajstić information content (AvgIpc) is 2.99. The largest absolute Gasteiger partial charge is 0.497 e. The zero-order chi connectivity index (χ0) is 36.9. The number of nitrogens with zero attached hydrogens (tertiary/aromatic N) is 2. The minimum atomic E-state index is -4.22. The summed E-state index contributed by atoms with van der Waals surface area (Å²) in [6, 6.07) is 12.6. The Morgan fingerprint density at radius 1 is 0.796 bits per heavy atom. The highest BCUT2D eigenvalue weighted by molar-refractivity contribution is 7.89. The van der Waals surface area contributed by atoms with Crippen molar-refractivity contribution in [1.29, 1.82) is 0 Å². The number of sulfonamides is 1. The van der Waals surface area contributed by atoms with Crippen molar-refractivity contribution in [2.24, 2.45) is 0 Å². The molecule has 0 bridgehead atoms. The fraction of sp³-hybridized carbons (Fsp3) is 0.600. The highest BCUT2D eigenvalue weighted by Crippen LogP contribution is 2.28. The highest BCUT2D eigenvalue weighted by Gasteiger charge is 2.33. The molecule has 2 amide bonds. The maximum atomic E-state index is 13.8. The third-order valence-electron chi connectivity index (χ3n) is 7.68. The predicted octanol–water partition coefficient (Wildman–Crippen LogP) is 7.33. The molecule has 2 aromatic rings. The first-order valence-electron chi connectivity index (χ1n) is 16.6. The Hall–Kier alpha value is -3.91. The Kier molecular flexibility index (Phi) is 15.3. The van der Waals surface area contributed by atoms with Gasteiger partial charge in [0, 0.05) is 30.2 Å². The van der Waals surface area contributed by atoms with Gasteiger partial charge in [-0.15, -0.1) is 0 Å². The normalized spacial score (nSPS) is 12.3. The molecule has 0 unspecified atom stereocenters. The Balaban J connectivity index is 1.92. The van der Waals surface area contributed by atoms with Crippen molar-refractivity contribution in [3.63, 3.8) is 0 Å². The summed E-state index contributed by atoms with van der Waals surface area (Å²) < 4.78 is 44.7. The molecular formula is C35H54N4O9S. The van der Waals surface area contributed by atoms with E-state index >= 15 is 0 Å². The van der Waals surface area contributed by atoms with Crippen molar-refractivity contribution in [2.75, 3.05) is 20.2 Å². The molecule has 0 saturated carbocycles. The van der Waals surface area contributed by atoms with Crippen LogP contribution in [0.1, 0.15) is 99.0 Å². The number of benzene rings is 2. The molecule has 0 saturated heterocycles. The lowest BCUT2D eigenvalue weighted by Gasteiger charge is -2.31. The number of nitrogens with one attached hydrogen (secondary N) is 2. The van der Waals surface area contributed by atoms with Crippen LogP contribution in [0.2, 0.25) is 0 Å². The predicted molar refractivity (Wildman–Crippen MR) is 188 cm³/mol. The minimum absolute atomic E-state index is 0.0333. The second-order valence-corrected chi connectivity index (χ2v) is 16.2. The average molecular weight is 707 g/mol. The van der Waals surface area contributed by atoms with Crippen LogP contribution in [-0.4, -0.2) is 66.7 Å². The molecule has 13 nitrogen and oxygen atoms in total. The molecule has 0 aromatic heterocycles. The molecule has 2 aromatic carbocycles. The number of unbranched alkanes of at least 4 members (excludes halogenated alkanes) is 4. The van der Waals surface area contributed by atoms with Crippen LogP contribution in [0.15, 0.2) is 53.4 Å². The summed E-state index contributed by atoms with van der Waals surface area (Å²) in [7, 11) is -2.63. The third kappa shape index (κ3) is 15.0. The van der Waals surface area contributed by atoms with Gasteiger partial charge >= 0.3 is 12.2 Å². The van der Waals surface area contributed by atoms with Crippen molar-refractivity contribution < 1.29 is 37.1 Å². The van der Waals surface area contributed by atoms with Crippen molar-refractivity contribution in [1.82, 2.24) is 14.9 Å². The van der Waals surface area contributed by atoms with Crippen LogP contribution in [0.25, 0.3) is 0 Å². The van der Waals surface area contributed by atoms with Gasteiger partial charge in [0.05, 0.1) is 12.0 Å². The zero-order valence-corrected chi connectivity index (χ0v) is 31.0. The second-order valence-electron chi connectivity index (χ2n) is 14.3. The monoisotopic (exact) mass is 706 g/mol. The van der Waals surface area contributed by atoms with Crippen LogP contribution in [0.4, 0.5) is 15.3 Å². The summed E-state index contributed by atoms with van der Waals surface area (Å²) in [4.78, 5) is 35.4. The second kappa shape index (κ2) is 18.2. The first-order chi connectivity index (χ1) is 22.7. The van der Waals surface area contributed by atoms with E-state index in [0.29, 0.717) is 6.42 Å². The minimum Gasteiger partial charge on any atom is -0.497 e. The summed E-state index contributed by atoms with van der Waals surface area (Å²) in [6.07, 6.45) is 3.69. The summed E-state index contributed by atoms with van der Waals surface area (Å²) in [5.41, 5.74) is -1.63. The van der Waals surface area contributed by atoms with Crippen LogP contribution >= 0.6 is 0 Å². The molecule has 49 heavy (non-hydrogen) atoms. The Morgan fingerprint density at radius 3 is 1.98 bits per heavy atom. The first kappa shape index (κ1) is 41.3. The SMILES string of the molecule is COc1ccc(COC(=O)NC(C)(C)CCCCCCCN(CCC(C)(C)NC(=O)OC(C)(C)C)S(=O)(=O)c2ccccc2[N+](=O)[O-])cc1. The van der Waals surface area contributed by atoms with Crippen LogP contribution in [0.5, 0.6) is 5.75 Å². The van der Waals surface area contributed by atoms with E-state index in [2.05, 4.69) is 10.6 Å². The van der Waals surface area contributed by atoms with E-state index in [1.54, 1.807) is 53.9 Å². The molecule has 14 heteroatoms. The maximum absolute atomic E-state index is 13.8. The summed E-state index contributed by atoms with van der Waals surface area (Å²) in [5.74, 6) is 0.726.